The van der Waals surface area contributed by atoms with Crippen LogP contribution in [0.5, 0.6) is 0 Å². The summed E-state index contributed by atoms with van der Waals surface area (Å²) in [4.78, 5) is 13.1. The molecule has 4 fully saturated rings. The molecule has 1 aromatic heterocycles. The lowest BCUT2D eigenvalue weighted by Crippen LogP contribution is -2.48. The summed E-state index contributed by atoms with van der Waals surface area (Å²) in [5.41, 5.74) is 2.04. The van der Waals surface area contributed by atoms with Gasteiger partial charge in [0.05, 0.1) is 33.4 Å². The molecule has 34 heavy (non-hydrogen) atoms. The average Bonchev–Trinajstić information content (AvgIpc) is 3.17. The maximum absolute atomic E-state index is 13.4. The Labute approximate surface area is 208 Å². The van der Waals surface area contributed by atoms with Crippen LogP contribution in [0.3, 0.4) is 0 Å². The summed E-state index contributed by atoms with van der Waals surface area (Å²) in [6.07, 6.45) is 8.16. The summed E-state index contributed by atoms with van der Waals surface area (Å²) >= 11 is 6.09. The highest BCUT2D eigenvalue weighted by molar-refractivity contribution is 7.87. The van der Waals surface area contributed by atoms with Crippen LogP contribution in [0.15, 0.2) is 29.2 Å². The summed E-state index contributed by atoms with van der Waals surface area (Å²) < 4.78 is 13.3. The van der Waals surface area contributed by atoms with E-state index in [1.807, 2.05) is 12.1 Å². The molecule has 0 amide bonds. The minimum absolute atomic E-state index is 0.0822. The zero-order valence-electron chi connectivity index (χ0n) is 19.3. The van der Waals surface area contributed by atoms with Crippen molar-refractivity contribution in [2.24, 2.45) is 11.8 Å². The number of benzene rings is 1. The lowest BCUT2D eigenvalue weighted by atomic mass is 9.77. The number of hydrogen-bond acceptors (Lipinski definition) is 6. The lowest BCUT2D eigenvalue weighted by molar-refractivity contribution is 0.143. The number of anilines is 2. The topological polar surface area (TPSA) is 78.4 Å². The molecule has 5 aliphatic rings. The maximum atomic E-state index is 13.4. The van der Waals surface area contributed by atoms with E-state index in [1.165, 1.54) is 18.4 Å². The first kappa shape index (κ1) is 21.6. The number of hydrogen-bond donors (Lipinski definition) is 2. The van der Waals surface area contributed by atoms with Crippen molar-refractivity contribution in [3.05, 3.63) is 40.5 Å². The summed E-state index contributed by atoms with van der Waals surface area (Å²) in [6, 6.07) is 8.36. The van der Waals surface area contributed by atoms with E-state index in [1.54, 1.807) is 0 Å². The lowest BCUT2D eigenvalue weighted by Gasteiger charge is -2.41. The summed E-state index contributed by atoms with van der Waals surface area (Å²) in [7, 11) is -1.06. The molecule has 7 rings (SSSR count). The number of fused-ring (bicyclic) bond motifs is 2. The summed E-state index contributed by atoms with van der Waals surface area (Å²) in [6.45, 7) is 2.04. The van der Waals surface area contributed by atoms with Crippen molar-refractivity contribution >= 4 is 34.2 Å². The van der Waals surface area contributed by atoms with Crippen LogP contribution in [0.25, 0.3) is 0 Å². The van der Waals surface area contributed by atoms with Crippen molar-refractivity contribution in [3.8, 4) is 0 Å². The van der Waals surface area contributed by atoms with E-state index in [-0.39, 0.29) is 16.9 Å². The maximum Gasteiger partial charge on any atom is 0.227 e. The van der Waals surface area contributed by atoms with Gasteiger partial charge in [-0.15, -0.1) is 0 Å². The number of aromatic nitrogens is 2. The standard InChI is InChI=1S/C26H31ClN4O2S/c27-20-4-2-16(3-5-20)17-10-18-13-31(14-19(18)11-17)24-28-21-12-26(8-9-26)34(33)22(21)23(29-24)30-25(15-32)6-1-7-25/h2-5,17-19,32H,1,6-15H2,(H,28,29,30)/t17?,18?,19?,34-/m1/s1. The molecule has 0 radical (unpaired) electrons. The number of rotatable bonds is 5. The van der Waals surface area contributed by atoms with Gasteiger partial charge < -0.3 is 15.3 Å². The second kappa shape index (κ2) is 7.65. The van der Waals surface area contributed by atoms with E-state index in [9.17, 15) is 9.32 Å². The fourth-order valence-corrected chi connectivity index (χ4v) is 8.66. The largest absolute Gasteiger partial charge is 0.394 e. The molecular weight excluding hydrogens is 468 g/mol. The molecule has 1 spiro atoms. The molecule has 6 nitrogen and oxygen atoms in total. The Morgan fingerprint density at radius 1 is 1.09 bits per heavy atom. The minimum Gasteiger partial charge on any atom is -0.394 e. The first-order valence-corrected chi connectivity index (χ1v) is 14.2. The van der Waals surface area contributed by atoms with Crippen LogP contribution in [-0.2, 0) is 17.2 Å². The number of nitrogens with zero attached hydrogens (tertiary/aromatic N) is 3. The van der Waals surface area contributed by atoms with Crippen LogP contribution in [0.1, 0.15) is 62.1 Å². The Morgan fingerprint density at radius 3 is 2.38 bits per heavy atom. The second-order valence-corrected chi connectivity index (χ2v) is 13.6. The molecule has 2 N–H and O–H groups in total. The molecule has 3 heterocycles. The molecule has 1 aromatic carbocycles. The zero-order chi connectivity index (χ0) is 23.1. The first-order valence-electron chi connectivity index (χ1n) is 12.7. The molecular formula is C26H31ClN4O2S. The van der Waals surface area contributed by atoms with Gasteiger partial charge in [0.2, 0.25) is 5.95 Å². The number of nitrogens with one attached hydrogen (secondary N) is 1. The predicted molar refractivity (Wildman–Crippen MR) is 134 cm³/mol. The Hall–Kier alpha value is -1.70. The van der Waals surface area contributed by atoms with E-state index < -0.39 is 10.8 Å². The van der Waals surface area contributed by atoms with Gasteiger partial charge in [-0.25, -0.2) is 4.98 Å². The summed E-state index contributed by atoms with van der Waals surface area (Å²) in [5.74, 6) is 3.39. The normalized spacial score (nSPS) is 31.9. The van der Waals surface area contributed by atoms with Gasteiger partial charge in [0.25, 0.3) is 0 Å². The second-order valence-electron chi connectivity index (χ2n) is 11.3. The van der Waals surface area contributed by atoms with E-state index in [2.05, 4.69) is 22.3 Å². The van der Waals surface area contributed by atoms with Gasteiger partial charge in [0, 0.05) is 24.5 Å². The van der Waals surface area contributed by atoms with Crippen molar-refractivity contribution in [1.82, 2.24) is 9.97 Å². The third-order valence-electron chi connectivity index (χ3n) is 9.17. The number of halogens is 1. The van der Waals surface area contributed by atoms with Crippen molar-refractivity contribution < 1.29 is 9.32 Å². The van der Waals surface area contributed by atoms with Crippen molar-refractivity contribution in [3.63, 3.8) is 0 Å². The first-order chi connectivity index (χ1) is 16.5. The molecule has 8 heteroatoms. The Morgan fingerprint density at radius 2 is 1.79 bits per heavy atom. The van der Waals surface area contributed by atoms with Crippen molar-refractivity contribution in [2.75, 3.05) is 29.9 Å². The molecule has 3 saturated carbocycles. The molecule has 3 aliphatic carbocycles. The third-order valence-corrected chi connectivity index (χ3v) is 11.6. The zero-order valence-corrected chi connectivity index (χ0v) is 20.9. The summed E-state index contributed by atoms with van der Waals surface area (Å²) in [5, 5.41) is 14.4. The SMILES string of the molecule is O=[S@@]1c2c(nc(N3CC4CC(c5ccc(Cl)cc5)CC4C3)nc2NC2(CO)CCC2)CC12CC2. The quantitative estimate of drug-likeness (QED) is 0.640. The average molecular weight is 499 g/mol. The fourth-order valence-electron chi connectivity index (χ4n) is 6.76. The molecule has 180 valence electrons. The molecule has 2 unspecified atom stereocenters. The molecule has 0 bridgehead atoms. The van der Waals surface area contributed by atoms with E-state index in [0.717, 1.165) is 73.2 Å². The van der Waals surface area contributed by atoms with Gasteiger partial charge in [0.1, 0.15) is 10.7 Å². The van der Waals surface area contributed by atoms with Crippen molar-refractivity contribution in [2.45, 2.75) is 72.5 Å². The number of aliphatic hydroxyl groups is 1. The van der Waals surface area contributed by atoms with Crippen LogP contribution in [0.4, 0.5) is 11.8 Å². The van der Waals surface area contributed by atoms with Gasteiger partial charge in [-0.2, -0.15) is 4.98 Å². The highest BCUT2D eigenvalue weighted by atomic mass is 35.5. The van der Waals surface area contributed by atoms with Crippen LogP contribution in [0.2, 0.25) is 5.02 Å². The Bertz CT molecular complexity index is 1140. The fraction of sp³-hybridized carbons (Fsp3) is 0.615. The van der Waals surface area contributed by atoms with Gasteiger partial charge in [-0.1, -0.05) is 23.7 Å². The van der Waals surface area contributed by atoms with Crippen LogP contribution >= 0.6 is 11.6 Å². The van der Waals surface area contributed by atoms with Gasteiger partial charge >= 0.3 is 0 Å². The van der Waals surface area contributed by atoms with Crippen LogP contribution in [-0.4, -0.2) is 49.3 Å². The molecule has 3 atom stereocenters. The van der Waals surface area contributed by atoms with Crippen LogP contribution < -0.4 is 10.2 Å². The Balaban J connectivity index is 1.15. The smallest absolute Gasteiger partial charge is 0.227 e. The van der Waals surface area contributed by atoms with Crippen molar-refractivity contribution in [1.29, 1.82) is 0 Å². The van der Waals surface area contributed by atoms with E-state index in [0.29, 0.717) is 23.6 Å². The third kappa shape index (κ3) is 3.34. The van der Waals surface area contributed by atoms with E-state index in [4.69, 9.17) is 21.6 Å². The Kier molecular flexibility index (Phi) is 4.85. The minimum atomic E-state index is -1.06. The molecule has 2 aromatic rings. The number of aliphatic hydroxyl groups excluding tert-OH is 1. The van der Waals surface area contributed by atoms with Gasteiger partial charge in [-0.3, -0.25) is 4.21 Å². The highest BCUT2D eigenvalue weighted by Gasteiger charge is 2.56. The van der Waals surface area contributed by atoms with Gasteiger partial charge in [0.15, 0.2) is 0 Å². The predicted octanol–water partition coefficient (Wildman–Crippen LogP) is 4.28. The highest BCUT2D eigenvalue weighted by Crippen LogP contribution is 2.54. The molecule has 2 aliphatic heterocycles. The monoisotopic (exact) mass is 498 g/mol. The van der Waals surface area contributed by atoms with E-state index >= 15 is 0 Å². The van der Waals surface area contributed by atoms with Gasteiger partial charge in [-0.05, 0) is 80.4 Å². The van der Waals surface area contributed by atoms with Crippen LogP contribution in [0, 0.1) is 11.8 Å². The molecule has 1 saturated heterocycles.